The summed E-state index contributed by atoms with van der Waals surface area (Å²) in [6.07, 6.45) is 0.891. The molecule has 0 aromatic heterocycles. The molecular formula is C17H19N3O. The van der Waals surface area contributed by atoms with Crippen molar-refractivity contribution < 1.29 is 4.74 Å². The molecule has 21 heavy (non-hydrogen) atoms. The van der Waals surface area contributed by atoms with Crippen molar-refractivity contribution in [3.05, 3.63) is 54.1 Å². The molecule has 0 aliphatic heterocycles. The van der Waals surface area contributed by atoms with Crippen LogP contribution in [-0.4, -0.2) is 20.2 Å². The summed E-state index contributed by atoms with van der Waals surface area (Å²) in [7, 11) is 2.01. The van der Waals surface area contributed by atoms with Gasteiger partial charge in [-0.1, -0.05) is 12.1 Å². The predicted molar refractivity (Wildman–Crippen MR) is 85.4 cm³/mol. The fraction of sp³-hybridized carbons (Fsp3) is 0.235. The minimum atomic E-state index is 0.631. The number of nitrogens with two attached hydrogens (primary N) is 1. The summed E-state index contributed by atoms with van der Waals surface area (Å²) >= 11 is 0. The summed E-state index contributed by atoms with van der Waals surface area (Å²) in [4.78, 5) is 2.11. The Balaban J connectivity index is 1.79. The molecule has 2 aromatic rings. The second-order valence-electron chi connectivity index (χ2n) is 4.86. The van der Waals surface area contributed by atoms with E-state index in [1.165, 1.54) is 0 Å². The number of nitriles is 1. The first-order chi connectivity index (χ1) is 10.2. The van der Waals surface area contributed by atoms with Crippen LogP contribution in [0, 0.1) is 11.3 Å². The molecule has 0 unspecified atom stereocenters. The minimum Gasteiger partial charge on any atom is -0.493 e. The molecule has 0 aliphatic rings. The second kappa shape index (κ2) is 7.20. The Morgan fingerprint density at radius 2 is 2.00 bits per heavy atom. The minimum absolute atomic E-state index is 0.631. The number of benzene rings is 2. The first-order valence-corrected chi connectivity index (χ1v) is 6.88. The predicted octanol–water partition coefficient (Wildman–Crippen LogP) is 3.05. The fourth-order valence-electron chi connectivity index (χ4n) is 2.04. The van der Waals surface area contributed by atoms with Crippen molar-refractivity contribution in [2.75, 3.05) is 30.8 Å². The number of ether oxygens (including phenoxy) is 1. The third-order valence-electron chi connectivity index (χ3n) is 3.18. The molecule has 0 amide bonds. The molecule has 0 saturated heterocycles. The molecule has 2 N–H and O–H groups in total. The highest BCUT2D eigenvalue weighted by molar-refractivity contribution is 5.50. The van der Waals surface area contributed by atoms with Gasteiger partial charge in [0.05, 0.1) is 18.2 Å². The van der Waals surface area contributed by atoms with Gasteiger partial charge in [0.1, 0.15) is 5.75 Å². The van der Waals surface area contributed by atoms with Crippen molar-refractivity contribution in [3.8, 4) is 11.8 Å². The zero-order chi connectivity index (χ0) is 15.1. The Morgan fingerprint density at radius 3 is 2.76 bits per heavy atom. The fourth-order valence-corrected chi connectivity index (χ4v) is 2.04. The van der Waals surface area contributed by atoms with E-state index in [1.54, 1.807) is 6.07 Å². The van der Waals surface area contributed by atoms with Gasteiger partial charge in [0.15, 0.2) is 0 Å². The molecule has 0 bridgehead atoms. The largest absolute Gasteiger partial charge is 0.493 e. The van der Waals surface area contributed by atoms with Gasteiger partial charge in [-0.15, -0.1) is 0 Å². The zero-order valence-electron chi connectivity index (χ0n) is 12.1. The average Bonchev–Trinajstić information content (AvgIpc) is 2.51. The quantitative estimate of drug-likeness (QED) is 0.653. The Bertz CT molecular complexity index is 634. The third kappa shape index (κ3) is 4.43. The lowest BCUT2D eigenvalue weighted by atomic mass is 10.2. The Hall–Kier alpha value is -2.67. The van der Waals surface area contributed by atoms with Gasteiger partial charge in [0.2, 0.25) is 0 Å². The molecule has 0 heterocycles. The van der Waals surface area contributed by atoms with Gasteiger partial charge in [-0.25, -0.2) is 0 Å². The number of hydrogen-bond donors (Lipinski definition) is 1. The maximum Gasteiger partial charge on any atom is 0.121 e. The van der Waals surface area contributed by atoms with E-state index in [4.69, 9.17) is 15.7 Å². The van der Waals surface area contributed by atoms with E-state index >= 15 is 0 Å². The maximum atomic E-state index is 8.91. The summed E-state index contributed by atoms with van der Waals surface area (Å²) in [5.74, 6) is 0.795. The van der Waals surface area contributed by atoms with E-state index in [-0.39, 0.29) is 0 Å². The molecule has 4 heteroatoms. The van der Waals surface area contributed by atoms with Gasteiger partial charge in [0.25, 0.3) is 0 Å². The van der Waals surface area contributed by atoms with Gasteiger partial charge in [-0.2, -0.15) is 5.26 Å². The van der Waals surface area contributed by atoms with Crippen molar-refractivity contribution in [3.63, 3.8) is 0 Å². The summed E-state index contributed by atoms with van der Waals surface area (Å²) in [6, 6.07) is 17.2. The highest BCUT2D eigenvalue weighted by Gasteiger charge is 2.02. The monoisotopic (exact) mass is 281 g/mol. The molecule has 4 nitrogen and oxygen atoms in total. The van der Waals surface area contributed by atoms with Gasteiger partial charge in [-0.3, -0.25) is 0 Å². The average molecular weight is 281 g/mol. The van der Waals surface area contributed by atoms with Crippen molar-refractivity contribution in [1.82, 2.24) is 0 Å². The molecular weight excluding hydrogens is 262 g/mol. The van der Waals surface area contributed by atoms with E-state index in [0.717, 1.165) is 24.4 Å². The number of nitrogens with zero attached hydrogens (tertiary/aromatic N) is 2. The molecule has 108 valence electrons. The third-order valence-corrected chi connectivity index (χ3v) is 3.18. The molecule has 0 saturated carbocycles. The van der Waals surface area contributed by atoms with Crippen LogP contribution in [-0.2, 0) is 0 Å². The number of rotatable bonds is 6. The zero-order valence-corrected chi connectivity index (χ0v) is 12.1. The van der Waals surface area contributed by atoms with Crippen molar-refractivity contribution in [1.29, 1.82) is 5.26 Å². The van der Waals surface area contributed by atoms with Crippen LogP contribution < -0.4 is 15.4 Å². The van der Waals surface area contributed by atoms with Crippen LogP contribution >= 0.6 is 0 Å². The van der Waals surface area contributed by atoms with Gasteiger partial charge < -0.3 is 15.4 Å². The normalized spacial score (nSPS) is 9.90. The highest BCUT2D eigenvalue weighted by atomic mass is 16.5. The van der Waals surface area contributed by atoms with Crippen LogP contribution in [0.15, 0.2) is 48.5 Å². The van der Waals surface area contributed by atoms with Gasteiger partial charge in [-0.05, 0) is 36.8 Å². The SMILES string of the molecule is CN(CCCOc1cccc(N)c1)c1cccc(C#N)c1. The molecule has 0 atom stereocenters. The standard InChI is InChI=1S/C17H19N3O/c1-20(16-7-2-5-14(11-16)13-18)9-4-10-21-17-8-3-6-15(19)12-17/h2-3,5-8,11-12H,4,9-10,19H2,1H3. The number of anilines is 2. The lowest BCUT2D eigenvalue weighted by Gasteiger charge is -2.19. The highest BCUT2D eigenvalue weighted by Crippen LogP contribution is 2.16. The summed E-state index contributed by atoms with van der Waals surface area (Å²) < 4.78 is 5.66. The van der Waals surface area contributed by atoms with E-state index < -0.39 is 0 Å². The molecule has 0 radical (unpaired) electrons. The molecule has 2 rings (SSSR count). The smallest absolute Gasteiger partial charge is 0.121 e. The lowest BCUT2D eigenvalue weighted by molar-refractivity contribution is 0.313. The van der Waals surface area contributed by atoms with Crippen LogP contribution in [0.2, 0.25) is 0 Å². The topological polar surface area (TPSA) is 62.3 Å². The van der Waals surface area contributed by atoms with Crippen molar-refractivity contribution in [2.45, 2.75) is 6.42 Å². The van der Waals surface area contributed by atoms with E-state index in [0.29, 0.717) is 17.9 Å². The first-order valence-electron chi connectivity index (χ1n) is 6.88. The molecule has 2 aromatic carbocycles. The van der Waals surface area contributed by atoms with Crippen LogP contribution in [0.1, 0.15) is 12.0 Å². The lowest BCUT2D eigenvalue weighted by Crippen LogP contribution is -2.20. The Labute approximate surface area is 125 Å². The van der Waals surface area contributed by atoms with Crippen LogP contribution in [0.25, 0.3) is 0 Å². The summed E-state index contributed by atoms with van der Waals surface area (Å²) in [5, 5.41) is 8.91. The summed E-state index contributed by atoms with van der Waals surface area (Å²) in [5.41, 5.74) is 8.12. The van der Waals surface area contributed by atoms with Crippen molar-refractivity contribution in [2.24, 2.45) is 0 Å². The van der Waals surface area contributed by atoms with E-state index in [1.807, 2.05) is 49.5 Å². The second-order valence-corrected chi connectivity index (χ2v) is 4.86. The first kappa shape index (κ1) is 14.7. The molecule has 0 aliphatic carbocycles. The van der Waals surface area contributed by atoms with E-state index in [9.17, 15) is 0 Å². The van der Waals surface area contributed by atoms with Crippen LogP contribution in [0.3, 0.4) is 0 Å². The van der Waals surface area contributed by atoms with Crippen molar-refractivity contribution >= 4 is 11.4 Å². The summed E-state index contributed by atoms with van der Waals surface area (Å²) in [6.45, 7) is 1.49. The molecule has 0 spiro atoms. The van der Waals surface area contributed by atoms with Gasteiger partial charge >= 0.3 is 0 Å². The number of nitrogen functional groups attached to an aromatic ring is 1. The Kier molecular flexibility index (Phi) is 5.05. The maximum absolute atomic E-state index is 8.91. The van der Waals surface area contributed by atoms with E-state index in [2.05, 4.69) is 11.0 Å². The van der Waals surface area contributed by atoms with Crippen LogP contribution in [0.4, 0.5) is 11.4 Å². The van der Waals surface area contributed by atoms with Crippen LogP contribution in [0.5, 0.6) is 5.75 Å². The van der Waals surface area contributed by atoms with Gasteiger partial charge in [0, 0.05) is 31.0 Å². The number of hydrogen-bond acceptors (Lipinski definition) is 4. The molecule has 0 fully saturated rings. The Morgan fingerprint density at radius 1 is 1.19 bits per heavy atom.